The number of carbonyl (C=O) groups excluding carboxylic acids is 2. The predicted molar refractivity (Wildman–Crippen MR) is 176 cm³/mol. The Labute approximate surface area is 268 Å². The smallest absolute Gasteiger partial charge is 0.305 e. The fourth-order valence-electron chi connectivity index (χ4n) is 4.57. The van der Waals surface area contributed by atoms with Crippen LogP contribution in [0.2, 0.25) is 0 Å². The van der Waals surface area contributed by atoms with Crippen LogP contribution >= 0.6 is 0 Å². The van der Waals surface area contributed by atoms with E-state index in [0.717, 1.165) is 0 Å². The number of carboxylic acid groups (broad SMARTS) is 1. The molecule has 2 atom stereocenters. The minimum Gasteiger partial charge on any atom is -0.481 e. The van der Waals surface area contributed by atoms with Crippen molar-refractivity contribution in [1.29, 1.82) is 0 Å². The zero-order valence-electron chi connectivity index (χ0n) is 29.1. The van der Waals surface area contributed by atoms with Crippen LogP contribution in [-0.2, 0) is 26.3 Å². The van der Waals surface area contributed by atoms with E-state index >= 15 is 0 Å². The van der Waals surface area contributed by atoms with Crippen LogP contribution in [0.15, 0.2) is 9.42 Å². The molecule has 0 fully saturated rings. The monoisotopic (exact) mass is 635 g/mol. The van der Waals surface area contributed by atoms with Gasteiger partial charge in [0.1, 0.15) is 17.4 Å². The van der Waals surface area contributed by atoms with Crippen molar-refractivity contribution in [3.05, 3.63) is 33.1 Å². The van der Waals surface area contributed by atoms with Crippen LogP contribution in [0.4, 0.5) is 5.82 Å². The highest BCUT2D eigenvalue weighted by Gasteiger charge is 2.29. The third-order valence-electron chi connectivity index (χ3n) is 6.92. The summed E-state index contributed by atoms with van der Waals surface area (Å²) in [5.74, 6) is -1.34. The molecule has 45 heavy (non-hydrogen) atoms. The van der Waals surface area contributed by atoms with E-state index in [0.29, 0.717) is 35.6 Å². The maximum absolute atomic E-state index is 13.4. The fraction of sp³-hybridized carbons (Fsp3) is 0.719. The molecule has 13 nitrogen and oxygen atoms in total. The zero-order valence-corrected chi connectivity index (χ0v) is 29.1. The normalized spacial score (nSPS) is 12.0. The van der Waals surface area contributed by atoms with Crippen molar-refractivity contribution < 1.29 is 24.1 Å². The first-order chi connectivity index (χ1) is 21.2. The molecule has 0 bridgehead atoms. The van der Waals surface area contributed by atoms with Crippen molar-refractivity contribution in [3.63, 3.8) is 0 Å². The van der Waals surface area contributed by atoms with Gasteiger partial charge in [0.15, 0.2) is 5.82 Å². The van der Waals surface area contributed by atoms with Gasteiger partial charge >= 0.3 is 5.97 Å². The van der Waals surface area contributed by atoms with Gasteiger partial charge in [-0.3, -0.25) is 23.7 Å². The topological polar surface area (TPSA) is 181 Å². The Morgan fingerprint density at radius 3 is 2.00 bits per heavy atom. The molecule has 2 aromatic rings. The Kier molecular flexibility index (Phi) is 20.0. The summed E-state index contributed by atoms with van der Waals surface area (Å²) in [6.45, 7) is 17.6. The van der Waals surface area contributed by atoms with Gasteiger partial charge in [-0.1, -0.05) is 96.8 Å². The quantitative estimate of drug-likeness (QED) is 0.141. The number of amides is 2. The maximum Gasteiger partial charge on any atom is 0.305 e. The second kappa shape index (κ2) is 21.9. The molecule has 256 valence electrons. The Hall–Kier alpha value is -3.77. The van der Waals surface area contributed by atoms with Crippen LogP contribution in [0.5, 0.6) is 0 Å². The Morgan fingerprint density at radius 1 is 1.02 bits per heavy atom. The first-order valence-corrected chi connectivity index (χ1v) is 16.0. The third kappa shape index (κ3) is 15.2. The highest BCUT2D eigenvalue weighted by molar-refractivity contribution is 5.81. The summed E-state index contributed by atoms with van der Waals surface area (Å²) in [6.07, 6.45) is 10.7. The van der Waals surface area contributed by atoms with Gasteiger partial charge in [-0.15, -0.1) is 0 Å². The van der Waals surface area contributed by atoms with E-state index in [-0.39, 0.29) is 18.8 Å². The first kappa shape index (κ1) is 41.2. The molecule has 2 heterocycles. The molecule has 0 aliphatic rings. The number of unbranched alkanes of at least 4 members (excludes halogenated alkanes) is 6. The number of nitrogens with zero attached hydrogens (tertiary/aromatic N) is 4. The molecule has 0 spiro atoms. The van der Waals surface area contributed by atoms with Gasteiger partial charge in [-0.05, 0) is 27.2 Å². The lowest BCUT2D eigenvalue weighted by atomic mass is 9.90. The van der Waals surface area contributed by atoms with Crippen molar-refractivity contribution in [3.8, 4) is 0 Å². The molecule has 0 aliphatic carbocycles. The predicted octanol–water partition coefficient (Wildman–Crippen LogP) is 5.20. The molecule has 2 amide bonds. The summed E-state index contributed by atoms with van der Waals surface area (Å²) < 4.78 is 6.13. The second-order valence-corrected chi connectivity index (χ2v) is 12.1. The minimum atomic E-state index is -1.01. The average Bonchev–Trinajstić information content (AvgIpc) is 3.38. The van der Waals surface area contributed by atoms with Crippen LogP contribution in [0.3, 0.4) is 0 Å². The Bertz CT molecular complexity index is 1210. The zero-order chi connectivity index (χ0) is 34.6. The molecule has 0 saturated heterocycles. The van der Waals surface area contributed by atoms with E-state index in [4.69, 9.17) is 14.5 Å². The lowest BCUT2D eigenvalue weighted by Crippen LogP contribution is -2.43. The molecule has 2 unspecified atom stereocenters. The molecular weight excluding hydrogens is 578 g/mol. The number of nitrogens with one attached hydrogen (secondary N) is 3. The lowest BCUT2D eigenvalue weighted by molar-refractivity contribution is -0.137. The number of carbonyl (C=O) groups is 3. The Balaban J connectivity index is 0.00000125. The van der Waals surface area contributed by atoms with Gasteiger partial charge in [0.2, 0.25) is 12.3 Å². The van der Waals surface area contributed by atoms with Gasteiger partial charge in [-0.25, -0.2) is 9.61 Å². The lowest BCUT2D eigenvalue weighted by Gasteiger charge is -2.28. The van der Waals surface area contributed by atoms with Crippen molar-refractivity contribution in [2.24, 2.45) is 0 Å². The molecule has 0 radical (unpaired) electrons. The minimum absolute atomic E-state index is 0.0905. The molecule has 0 aliphatic heterocycles. The van der Waals surface area contributed by atoms with Crippen LogP contribution in [-0.4, -0.2) is 56.3 Å². The summed E-state index contributed by atoms with van der Waals surface area (Å²) in [5.41, 5.74) is 1.55. The van der Waals surface area contributed by atoms with Gasteiger partial charge in [0, 0.05) is 24.2 Å². The number of aryl methyl sites for hydroxylation is 1. The van der Waals surface area contributed by atoms with Crippen LogP contribution in [0.1, 0.15) is 135 Å². The molecule has 0 saturated carbocycles. The van der Waals surface area contributed by atoms with E-state index in [2.05, 4.69) is 45.1 Å². The summed E-state index contributed by atoms with van der Waals surface area (Å²) in [4.78, 5) is 51.0. The van der Waals surface area contributed by atoms with E-state index in [1.54, 1.807) is 34.7 Å². The molecule has 4 N–H and O–H groups in total. The van der Waals surface area contributed by atoms with E-state index in [1.807, 2.05) is 20.8 Å². The largest absolute Gasteiger partial charge is 0.481 e. The van der Waals surface area contributed by atoms with Crippen LogP contribution in [0, 0.1) is 13.8 Å². The van der Waals surface area contributed by atoms with Gasteiger partial charge in [0.05, 0.1) is 18.7 Å². The summed E-state index contributed by atoms with van der Waals surface area (Å²) >= 11 is 0. The summed E-state index contributed by atoms with van der Waals surface area (Å²) in [7, 11) is 1.56. The molecule has 13 heteroatoms. The highest BCUT2D eigenvalue weighted by Crippen LogP contribution is 2.26. The highest BCUT2D eigenvalue weighted by atomic mass is 16.6. The van der Waals surface area contributed by atoms with Gasteiger partial charge in [-0.2, -0.15) is 0 Å². The number of aliphatic carboxylic acids is 1. The number of carboxylic acids is 1. The number of aromatic nitrogens is 4. The van der Waals surface area contributed by atoms with Crippen molar-refractivity contribution in [2.75, 3.05) is 12.4 Å². The van der Waals surface area contributed by atoms with Crippen molar-refractivity contribution >= 4 is 24.1 Å². The summed E-state index contributed by atoms with van der Waals surface area (Å²) in [6, 6.07) is -1.40. The number of hydrogen-bond acceptors (Lipinski definition) is 9. The third-order valence-corrected chi connectivity index (χ3v) is 6.92. The molecule has 0 aromatic carbocycles. The maximum atomic E-state index is 13.4. The van der Waals surface area contributed by atoms with Gasteiger partial charge in [0.25, 0.3) is 5.56 Å². The van der Waals surface area contributed by atoms with Crippen LogP contribution < -0.4 is 21.5 Å². The van der Waals surface area contributed by atoms with E-state index in [9.17, 15) is 14.4 Å². The Morgan fingerprint density at radius 2 is 1.58 bits per heavy atom. The van der Waals surface area contributed by atoms with Crippen LogP contribution in [0.25, 0.3) is 0 Å². The number of anilines is 1. The molecule has 2 aromatic heterocycles. The summed E-state index contributed by atoms with van der Waals surface area (Å²) in [5, 5.41) is 24.5. The average molecular weight is 636 g/mol. The standard InChI is InChI=1S/C21H32N6O5.C9H20.C2H5NO/c1-8-15(19(30)23-11(2)9-16(28)29)27-13(4)17(21(5,6)7)24-18(20(27)31)22-10-14-12(3)25-32-26-14;1-3-5-7-9-8-6-4-2;1-3-2-4/h11,15H,8-10H2,1-7H3,(H,22,24)(H,23,30)(H,28,29);3-9H2,1-2H3;2H,1H3,(H,3,4). The molecular formula is C32H57N7O6. The van der Waals surface area contributed by atoms with E-state index < -0.39 is 34.9 Å². The first-order valence-electron chi connectivity index (χ1n) is 16.0. The van der Waals surface area contributed by atoms with Crippen molar-refractivity contribution in [1.82, 2.24) is 30.5 Å². The van der Waals surface area contributed by atoms with Gasteiger partial charge < -0.3 is 21.1 Å². The second-order valence-electron chi connectivity index (χ2n) is 12.1. The number of hydrogen-bond donors (Lipinski definition) is 4. The SMILES string of the molecule is CCC(C(=O)NC(C)CC(=O)O)n1c(C)c(C(C)(C)C)nc(NCc2nonc2C)c1=O.CCCCCCCCC.CNC=O. The fourth-order valence-corrected chi connectivity index (χ4v) is 4.57. The number of rotatable bonds is 16. The van der Waals surface area contributed by atoms with Crippen molar-refractivity contribution in [2.45, 2.75) is 144 Å². The van der Waals surface area contributed by atoms with E-state index in [1.165, 1.54) is 49.5 Å². The molecule has 2 rings (SSSR count).